The van der Waals surface area contributed by atoms with Crippen LogP contribution in [0.1, 0.15) is 62.5 Å². The quantitative estimate of drug-likeness (QED) is 0.508. The standard InChI is InChI=1S/C27H32N2O5/c1-2-7-18(15-25(30)31)28-26(32)17-12-13-19(14-17)29-27(33)34-16-24-22-10-5-3-8-20(22)21-9-4-6-11-23(21)24/h3-6,8-11,17-19,24H,2,7,12-16H2,1H3,(H,28,32)(H,29,33)(H,30,31). The molecule has 4 rings (SSSR count). The summed E-state index contributed by atoms with van der Waals surface area (Å²) < 4.78 is 5.62. The molecule has 3 unspecified atom stereocenters. The number of benzene rings is 2. The fourth-order valence-electron chi connectivity index (χ4n) is 5.26. The molecule has 180 valence electrons. The molecule has 1 fully saturated rings. The molecular weight excluding hydrogens is 432 g/mol. The van der Waals surface area contributed by atoms with Crippen LogP contribution in [-0.2, 0) is 14.3 Å². The lowest BCUT2D eigenvalue weighted by atomic mass is 9.98. The number of alkyl carbamates (subject to hydrolysis) is 1. The lowest BCUT2D eigenvalue weighted by Gasteiger charge is -2.19. The largest absolute Gasteiger partial charge is 0.481 e. The van der Waals surface area contributed by atoms with Crippen molar-refractivity contribution in [3.05, 3.63) is 59.7 Å². The van der Waals surface area contributed by atoms with Crippen LogP contribution in [0.3, 0.4) is 0 Å². The minimum Gasteiger partial charge on any atom is -0.481 e. The van der Waals surface area contributed by atoms with Gasteiger partial charge in [-0.25, -0.2) is 4.79 Å². The Balaban J connectivity index is 1.28. The maximum Gasteiger partial charge on any atom is 0.407 e. The highest BCUT2D eigenvalue weighted by Crippen LogP contribution is 2.44. The number of fused-ring (bicyclic) bond motifs is 3. The fourth-order valence-corrected chi connectivity index (χ4v) is 5.26. The Morgan fingerprint density at radius 3 is 2.29 bits per heavy atom. The highest BCUT2D eigenvalue weighted by molar-refractivity contribution is 5.81. The Labute approximate surface area is 199 Å². The second-order valence-corrected chi connectivity index (χ2v) is 9.27. The van der Waals surface area contributed by atoms with Gasteiger partial charge in [0.15, 0.2) is 0 Å². The lowest BCUT2D eigenvalue weighted by Crippen LogP contribution is -2.40. The van der Waals surface area contributed by atoms with Crippen LogP contribution in [0.15, 0.2) is 48.5 Å². The van der Waals surface area contributed by atoms with E-state index in [2.05, 4.69) is 34.9 Å². The highest BCUT2D eigenvalue weighted by Gasteiger charge is 2.33. The van der Waals surface area contributed by atoms with Gasteiger partial charge in [-0.05, 0) is 47.9 Å². The minimum absolute atomic E-state index is 0.00462. The van der Waals surface area contributed by atoms with Gasteiger partial charge in [-0.2, -0.15) is 0 Å². The van der Waals surface area contributed by atoms with E-state index >= 15 is 0 Å². The van der Waals surface area contributed by atoms with Gasteiger partial charge in [0.05, 0.1) is 6.42 Å². The smallest absolute Gasteiger partial charge is 0.407 e. The molecule has 0 aliphatic heterocycles. The number of amides is 2. The number of nitrogens with one attached hydrogen (secondary N) is 2. The van der Waals surface area contributed by atoms with Gasteiger partial charge < -0.3 is 20.5 Å². The van der Waals surface area contributed by atoms with Crippen LogP contribution in [0.5, 0.6) is 0 Å². The summed E-state index contributed by atoms with van der Waals surface area (Å²) in [7, 11) is 0. The summed E-state index contributed by atoms with van der Waals surface area (Å²) in [6.07, 6.45) is 2.77. The van der Waals surface area contributed by atoms with Gasteiger partial charge in [0, 0.05) is 23.9 Å². The van der Waals surface area contributed by atoms with Gasteiger partial charge in [0.25, 0.3) is 0 Å². The van der Waals surface area contributed by atoms with Gasteiger partial charge in [-0.3, -0.25) is 9.59 Å². The van der Waals surface area contributed by atoms with E-state index < -0.39 is 12.1 Å². The summed E-state index contributed by atoms with van der Waals surface area (Å²) in [4.78, 5) is 36.2. The van der Waals surface area contributed by atoms with Gasteiger partial charge in [-0.15, -0.1) is 0 Å². The Morgan fingerprint density at radius 1 is 1.03 bits per heavy atom. The number of carboxylic acids is 1. The SMILES string of the molecule is CCCC(CC(=O)O)NC(=O)C1CCC(NC(=O)OCC2c3ccccc3-c3ccccc32)C1. The first kappa shape index (κ1) is 23.8. The maximum absolute atomic E-state index is 12.6. The topological polar surface area (TPSA) is 105 Å². The van der Waals surface area contributed by atoms with Crippen LogP contribution in [0.25, 0.3) is 11.1 Å². The van der Waals surface area contributed by atoms with Crippen LogP contribution in [-0.4, -0.2) is 41.8 Å². The Hall–Kier alpha value is -3.35. The molecule has 0 aromatic heterocycles. The summed E-state index contributed by atoms with van der Waals surface area (Å²) in [6, 6.07) is 15.9. The number of aliphatic carboxylic acids is 1. The van der Waals surface area contributed by atoms with Gasteiger partial charge >= 0.3 is 12.1 Å². The van der Waals surface area contributed by atoms with Crippen molar-refractivity contribution < 1.29 is 24.2 Å². The Morgan fingerprint density at radius 2 is 1.68 bits per heavy atom. The van der Waals surface area contributed by atoms with E-state index in [0.29, 0.717) is 25.7 Å². The van der Waals surface area contributed by atoms with Crippen molar-refractivity contribution in [2.24, 2.45) is 5.92 Å². The third-order valence-corrected chi connectivity index (χ3v) is 6.87. The van der Waals surface area contributed by atoms with Crippen molar-refractivity contribution in [1.29, 1.82) is 0 Å². The number of hydrogen-bond acceptors (Lipinski definition) is 4. The van der Waals surface area contributed by atoms with E-state index in [1.165, 1.54) is 11.1 Å². The van der Waals surface area contributed by atoms with Gasteiger partial charge in [0.2, 0.25) is 5.91 Å². The van der Waals surface area contributed by atoms with Crippen LogP contribution >= 0.6 is 0 Å². The molecule has 2 aromatic carbocycles. The third-order valence-electron chi connectivity index (χ3n) is 6.87. The number of carbonyl (C=O) groups excluding carboxylic acids is 2. The van der Waals surface area contributed by atoms with Crippen LogP contribution in [0.2, 0.25) is 0 Å². The molecule has 0 heterocycles. The van der Waals surface area contributed by atoms with Crippen molar-refractivity contribution in [2.45, 2.75) is 63.5 Å². The monoisotopic (exact) mass is 464 g/mol. The van der Waals surface area contributed by atoms with Crippen molar-refractivity contribution in [1.82, 2.24) is 10.6 Å². The predicted octanol–water partition coefficient (Wildman–Crippen LogP) is 4.45. The first-order chi connectivity index (χ1) is 16.5. The normalized spacial score (nSPS) is 19.7. The van der Waals surface area contributed by atoms with E-state index in [0.717, 1.165) is 17.5 Å². The molecule has 0 saturated heterocycles. The first-order valence-electron chi connectivity index (χ1n) is 12.1. The number of hydrogen-bond donors (Lipinski definition) is 3. The molecule has 2 aromatic rings. The van der Waals surface area contributed by atoms with Crippen LogP contribution < -0.4 is 10.6 Å². The summed E-state index contributed by atoms with van der Waals surface area (Å²) >= 11 is 0. The summed E-state index contributed by atoms with van der Waals surface area (Å²) in [6.45, 7) is 2.22. The molecule has 7 heteroatoms. The summed E-state index contributed by atoms with van der Waals surface area (Å²) in [5, 5.41) is 14.8. The third kappa shape index (κ3) is 5.41. The molecule has 34 heavy (non-hydrogen) atoms. The van der Waals surface area contributed by atoms with E-state index in [4.69, 9.17) is 9.84 Å². The second kappa shape index (κ2) is 10.7. The van der Waals surface area contributed by atoms with E-state index in [-0.39, 0.29) is 42.9 Å². The zero-order chi connectivity index (χ0) is 24.1. The number of rotatable bonds is 9. The van der Waals surface area contributed by atoms with Crippen molar-refractivity contribution in [3.8, 4) is 11.1 Å². The molecule has 2 amide bonds. The molecule has 0 bridgehead atoms. The zero-order valence-corrected chi connectivity index (χ0v) is 19.5. The molecule has 3 N–H and O–H groups in total. The number of ether oxygens (including phenoxy) is 1. The molecule has 2 aliphatic rings. The average molecular weight is 465 g/mol. The van der Waals surface area contributed by atoms with E-state index in [1.807, 2.05) is 31.2 Å². The summed E-state index contributed by atoms with van der Waals surface area (Å²) in [5.74, 6) is -1.27. The van der Waals surface area contributed by atoms with Crippen molar-refractivity contribution in [3.63, 3.8) is 0 Å². The minimum atomic E-state index is -0.917. The molecule has 0 radical (unpaired) electrons. The lowest BCUT2D eigenvalue weighted by molar-refractivity contribution is -0.137. The molecule has 7 nitrogen and oxygen atoms in total. The van der Waals surface area contributed by atoms with E-state index in [9.17, 15) is 14.4 Å². The molecule has 1 saturated carbocycles. The second-order valence-electron chi connectivity index (χ2n) is 9.27. The molecular formula is C27H32N2O5. The maximum atomic E-state index is 12.6. The highest BCUT2D eigenvalue weighted by atomic mass is 16.5. The van der Waals surface area contributed by atoms with Crippen LogP contribution in [0.4, 0.5) is 4.79 Å². The van der Waals surface area contributed by atoms with Crippen LogP contribution in [0, 0.1) is 5.92 Å². The zero-order valence-electron chi connectivity index (χ0n) is 19.5. The fraction of sp³-hybridized carbons (Fsp3) is 0.444. The molecule has 0 spiro atoms. The Kier molecular flexibility index (Phi) is 7.50. The molecule has 3 atom stereocenters. The number of carboxylic acid groups (broad SMARTS) is 1. The van der Waals surface area contributed by atoms with Crippen molar-refractivity contribution in [2.75, 3.05) is 6.61 Å². The molecule has 2 aliphatic carbocycles. The van der Waals surface area contributed by atoms with Gasteiger partial charge in [0.1, 0.15) is 6.61 Å². The first-order valence-corrected chi connectivity index (χ1v) is 12.1. The number of carbonyl (C=O) groups is 3. The van der Waals surface area contributed by atoms with Crippen molar-refractivity contribution >= 4 is 18.0 Å². The predicted molar refractivity (Wildman–Crippen MR) is 128 cm³/mol. The average Bonchev–Trinajstić information content (AvgIpc) is 3.40. The van der Waals surface area contributed by atoms with Gasteiger partial charge in [-0.1, -0.05) is 61.9 Å². The van der Waals surface area contributed by atoms with E-state index in [1.54, 1.807) is 0 Å². The Bertz CT molecular complexity index is 1010. The summed E-state index contributed by atoms with van der Waals surface area (Å²) in [5.41, 5.74) is 4.69.